The van der Waals surface area contributed by atoms with E-state index in [-0.39, 0.29) is 51.0 Å². The topological polar surface area (TPSA) is 18.5 Å². The first-order valence-electron chi connectivity index (χ1n) is 5.58. The molecule has 103 valence electrons. The maximum Gasteiger partial charge on any atom is 3.00 e. The van der Waals surface area contributed by atoms with Gasteiger partial charge in [0.25, 0.3) is 0 Å². The van der Waals surface area contributed by atoms with E-state index in [9.17, 15) is 0 Å². The third-order valence-electron chi connectivity index (χ3n) is 3.19. The molecular formula is C15H13Cl2O2Zr. The summed E-state index contributed by atoms with van der Waals surface area (Å²) >= 11 is 0. The summed E-state index contributed by atoms with van der Waals surface area (Å²) in [7, 11) is 3.36. The molecule has 0 N–H and O–H groups in total. The summed E-state index contributed by atoms with van der Waals surface area (Å²) in [4.78, 5) is 0. The summed E-state index contributed by atoms with van der Waals surface area (Å²) in [5.41, 5.74) is 5.03. The number of methoxy groups -OCH3 is 2. The van der Waals surface area contributed by atoms with Gasteiger partial charge in [0.05, 0.1) is 14.2 Å². The largest absolute Gasteiger partial charge is 3.00 e. The standard InChI is InChI=1S/C15H13O2.2ClH.Zr/c1-16-12-3-5-14-10(8-12)7-11-9-13(17-2)4-6-15(11)14;;;/h3-6,8H,7H2,1-2H3;2*1H;/q-1;;;+3/p-2. The van der Waals surface area contributed by atoms with Crippen LogP contribution in [0.1, 0.15) is 11.1 Å². The van der Waals surface area contributed by atoms with Crippen molar-refractivity contribution in [3.05, 3.63) is 47.5 Å². The Balaban J connectivity index is 0.00000120. The Bertz CT molecular complexity index is 537. The van der Waals surface area contributed by atoms with E-state index in [4.69, 9.17) is 9.47 Å². The number of halogens is 2. The second-order valence-electron chi connectivity index (χ2n) is 4.12. The first-order chi connectivity index (χ1) is 8.31. The summed E-state index contributed by atoms with van der Waals surface area (Å²) in [6, 6.07) is 13.6. The van der Waals surface area contributed by atoms with Crippen LogP contribution in [-0.4, -0.2) is 14.2 Å². The monoisotopic (exact) mass is 385 g/mol. The molecule has 0 unspecified atom stereocenters. The predicted molar refractivity (Wildman–Crippen MR) is 66.6 cm³/mol. The van der Waals surface area contributed by atoms with Crippen LogP contribution in [0.4, 0.5) is 0 Å². The van der Waals surface area contributed by atoms with Gasteiger partial charge in [-0.2, -0.15) is 6.07 Å². The smallest absolute Gasteiger partial charge is 1.00 e. The molecule has 0 spiro atoms. The minimum atomic E-state index is 0. The molecule has 20 heavy (non-hydrogen) atoms. The normalized spacial score (nSPS) is 10.1. The van der Waals surface area contributed by atoms with Crippen LogP contribution >= 0.6 is 0 Å². The van der Waals surface area contributed by atoms with E-state index in [2.05, 4.69) is 24.3 Å². The summed E-state index contributed by atoms with van der Waals surface area (Å²) in [6.45, 7) is 0. The fourth-order valence-corrected chi connectivity index (χ4v) is 2.32. The first kappa shape index (κ1) is 19.5. The maximum atomic E-state index is 5.25. The SMILES string of the molecule is COc1[c-]c2c(cc1)-c1ccc(OC)cc1C2.[Cl-].[Cl-].[Zr+3]. The number of fused-ring (bicyclic) bond motifs is 3. The van der Waals surface area contributed by atoms with Crippen LogP contribution in [0.25, 0.3) is 11.1 Å². The van der Waals surface area contributed by atoms with E-state index in [0.29, 0.717) is 0 Å². The van der Waals surface area contributed by atoms with Gasteiger partial charge < -0.3 is 34.3 Å². The molecule has 0 bridgehead atoms. The average molecular weight is 387 g/mol. The summed E-state index contributed by atoms with van der Waals surface area (Å²) in [5.74, 6) is 1.70. The minimum absolute atomic E-state index is 0. The van der Waals surface area contributed by atoms with Gasteiger partial charge in [-0.15, -0.1) is 23.3 Å². The molecule has 0 aliphatic heterocycles. The maximum absolute atomic E-state index is 5.25. The van der Waals surface area contributed by atoms with Gasteiger partial charge in [-0.1, -0.05) is 11.6 Å². The minimum Gasteiger partial charge on any atom is -1.00 e. The molecule has 0 amide bonds. The van der Waals surface area contributed by atoms with Crippen molar-refractivity contribution in [3.63, 3.8) is 0 Å². The van der Waals surface area contributed by atoms with Crippen LogP contribution in [0.2, 0.25) is 0 Å². The Morgan fingerprint density at radius 2 is 1.65 bits per heavy atom. The van der Waals surface area contributed by atoms with Gasteiger partial charge in [0, 0.05) is 5.75 Å². The molecule has 5 heteroatoms. The van der Waals surface area contributed by atoms with Crippen molar-refractivity contribution >= 4 is 0 Å². The number of hydrogen-bond acceptors (Lipinski definition) is 2. The Morgan fingerprint density at radius 3 is 2.30 bits per heavy atom. The van der Waals surface area contributed by atoms with E-state index < -0.39 is 0 Å². The Morgan fingerprint density at radius 1 is 0.950 bits per heavy atom. The van der Waals surface area contributed by atoms with Crippen LogP contribution in [0, 0.1) is 6.07 Å². The van der Waals surface area contributed by atoms with E-state index >= 15 is 0 Å². The van der Waals surface area contributed by atoms with Crippen LogP contribution in [0.5, 0.6) is 11.5 Å². The van der Waals surface area contributed by atoms with Crippen LogP contribution < -0.4 is 34.3 Å². The number of rotatable bonds is 2. The molecule has 1 aliphatic carbocycles. The van der Waals surface area contributed by atoms with Gasteiger partial charge in [-0.3, -0.25) is 0 Å². The zero-order valence-corrected chi connectivity index (χ0v) is 15.1. The molecule has 3 rings (SSSR count). The van der Waals surface area contributed by atoms with Crippen LogP contribution in [0.3, 0.4) is 0 Å². The zero-order valence-electron chi connectivity index (χ0n) is 11.2. The molecule has 0 saturated heterocycles. The molecule has 2 aromatic rings. The number of hydrogen-bond donors (Lipinski definition) is 0. The van der Waals surface area contributed by atoms with Crippen molar-refractivity contribution in [3.8, 4) is 22.6 Å². The molecule has 0 saturated carbocycles. The second-order valence-corrected chi connectivity index (χ2v) is 4.12. The van der Waals surface area contributed by atoms with Crippen molar-refractivity contribution in [2.45, 2.75) is 6.42 Å². The molecule has 0 fully saturated rings. The van der Waals surface area contributed by atoms with Crippen LogP contribution in [0.15, 0.2) is 30.3 Å². The molecular weight excluding hydrogens is 374 g/mol. The van der Waals surface area contributed by atoms with Crippen molar-refractivity contribution in [2.24, 2.45) is 0 Å². The average Bonchev–Trinajstić information content (AvgIpc) is 2.74. The molecule has 2 nitrogen and oxygen atoms in total. The van der Waals surface area contributed by atoms with Crippen molar-refractivity contribution < 1.29 is 60.5 Å². The Labute approximate surface area is 150 Å². The Kier molecular flexibility index (Phi) is 7.87. The first-order valence-corrected chi connectivity index (χ1v) is 5.58. The van der Waals surface area contributed by atoms with Crippen molar-refractivity contribution in [2.75, 3.05) is 14.2 Å². The molecule has 0 atom stereocenters. The molecule has 1 aliphatic rings. The van der Waals surface area contributed by atoms with E-state index in [1.165, 1.54) is 22.3 Å². The molecule has 1 radical (unpaired) electrons. The molecule has 2 aromatic carbocycles. The number of benzene rings is 2. The van der Waals surface area contributed by atoms with Gasteiger partial charge >= 0.3 is 26.2 Å². The fourth-order valence-electron chi connectivity index (χ4n) is 2.32. The second kappa shape index (κ2) is 8.07. The zero-order chi connectivity index (χ0) is 11.8. The summed E-state index contributed by atoms with van der Waals surface area (Å²) < 4.78 is 10.5. The Hall–Kier alpha value is -0.497. The predicted octanol–water partition coefficient (Wildman–Crippen LogP) is -2.92. The number of ether oxygens (including phenoxy) is 2. The van der Waals surface area contributed by atoms with E-state index in [1.807, 2.05) is 12.1 Å². The van der Waals surface area contributed by atoms with Gasteiger partial charge in [0.1, 0.15) is 5.75 Å². The van der Waals surface area contributed by atoms with Gasteiger partial charge in [0.2, 0.25) is 0 Å². The van der Waals surface area contributed by atoms with Gasteiger partial charge in [0.15, 0.2) is 0 Å². The third kappa shape index (κ3) is 3.39. The van der Waals surface area contributed by atoms with Crippen molar-refractivity contribution in [1.82, 2.24) is 0 Å². The quantitative estimate of drug-likeness (QED) is 0.439. The molecule has 0 aromatic heterocycles. The summed E-state index contributed by atoms with van der Waals surface area (Å²) in [6.07, 6.45) is 0.902. The third-order valence-corrected chi connectivity index (χ3v) is 3.19. The van der Waals surface area contributed by atoms with E-state index in [1.54, 1.807) is 14.2 Å². The van der Waals surface area contributed by atoms with Gasteiger partial charge in [-0.05, 0) is 24.1 Å². The van der Waals surface area contributed by atoms with Crippen molar-refractivity contribution in [1.29, 1.82) is 0 Å². The van der Waals surface area contributed by atoms with Crippen LogP contribution in [-0.2, 0) is 32.6 Å². The fraction of sp³-hybridized carbons (Fsp3) is 0.200. The van der Waals surface area contributed by atoms with E-state index in [0.717, 1.165) is 17.9 Å². The molecule has 0 heterocycles. The van der Waals surface area contributed by atoms with Gasteiger partial charge in [-0.25, -0.2) is 0 Å². The summed E-state index contributed by atoms with van der Waals surface area (Å²) in [5, 5.41) is 0.